The molecule has 1 amide bonds. The summed E-state index contributed by atoms with van der Waals surface area (Å²) in [6, 6.07) is 5.35. The molecular weight excluding hydrogens is 371 g/mol. The number of piperazine rings is 1. The number of amides is 1. The van der Waals surface area contributed by atoms with E-state index in [4.69, 9.17) is 23.2 Å². The number of benzene rings is 1. The van der Waals surface area contributed by atoms with Crippen molar-refractivity contribution in [3.63, 3.8) is 0 Å². The van der Waals surface area contributed by atoms with Crippen molar-refractivity contribution in [3.8, 4) is 0 Å². The molecule has 1 aromatic carbocycles. The highest BCUT2D eigenvalue weighted by Gasteiger charge is 2.34. The Kier molecular flexibility index (Phi) is 5.39. The van der Waals surface area contributed by atoms with E-state index in [-0.39, 0.29) is 23.5 Å². The molecule has 0 aliphatic carbocycles. The highest BCUT2D eigenvalue weighted by molar-refractivity contribution is 7.91. The predicted octanol–water partition coefficient (Wildman–Crippen LogP) is 1.87. The summed E-state index contributed by atoms with van der Waals surface area (Å²) in [5.74, 6) is 0.602. The van der Waals surface area contributed by atoms with Gasteiger partial charge in [-0.1, -0.05) is 29.3 Å². The SMILES string of the molecule is O=C(Cc1ccc(Cl)c(Cl)c1)N1CCN(C2CCS(=O)(=O)C2)CC1. The second kappa shape index (κ2) is 7.20. The summed E-state index contributed by atoms with van der Waals surface area (Å²) in [7, 11) is -2.87. The monoisotopic (exact) mass is 390 g/mol. The molecule has 2 saturated heterocycles. The highest BCUT2D eigenvalue weighted by Crippen LogP contribution is 2.23. The van der Waals surface area contributed by atoms with Gasteiger partial charge in [0.1, 0.15) is 0 Å². The van der Waals surface area contributed by atoms with Crippen molar-refractivity contribution >= 4 is 38.9 Å². The Morgan fingerprint density at radius 1 is 1.12 bits per heavy atom. The minimum absolute atomic E-state index is 0.0621. The number of carbonyl (C=O) groups excluding carboxylic acids is 1. The van der Waals surface area contributed by atoms with Crippen LogP contribution in [0.4, 0.5) is 0 Å². The smallest absolute Gasteiger partial charge is 0.227 e. The Bertz CT molecular complexity index is 731. The topological polar surface area (TPSA) is 57.7 Å². The van der Waals surface area contributed by atoms with Gasteiger partial charge in [0.15, 0.2) is 9.84 Å². The summed E-state index contributed by atoms with van der Waals surface area (Å²) < 4.78 is 23.2. The van der Waals surface area contributed by atoms with Crippen LogP contribution in [0, 0.1) is 0 Å². The van der Waals surface area contributed by atoms with Gasteiger partial charge in [-0.3, -0.25) is 9.69 Å². The van der Waals surface area contributed by atoms with Gasteiger partial charge in [-0.15, -0.1) is 0 Å². The molecule has 1 atom stereocenters. The van der Waals surface area contributed by atoms with Crippen LogP contribution in [0.3, 0.4) is 0 Å². The molecule has 0 saturated carbocycles. The Morgan fingerprint density at radius 3 is 2.42 bits per heavy atom. The van der Waals surface area contributed by atoms with Crippen LogP contribution in [0.5, 0.6) is 0 Å². The molecule has 2 aliphatic rings. The maximum atomic E-state index is 12.4. The van der Waals surface area contributed by atoms with E-state index < -0.39 is 9.84 Å². The summed E-state index contributed by atoms with van der Waals surface area (Å²) in [6.07, 6.45) is 1.01. The standard InChI is InChI=1S/C16H20Cl2N2O3S/c17-14-2-1-12(9-15(14)18)10-16(21)20-6-4-19(5-7-20)13-3-8-24(22,23)11-13/h1-2,9,13H,3-8,10-11H2. The Balaban J connectivity index is 1.52. The zero-order valence-electron chi connectivity index (χ0n) is 13.2. The first-order valence-corrected chi connectivity index (χ1v) is 10.6. The summed E-state index contributed by atoms with van der Waals surface area (Å²) in [4.78, 5) is 16.5. The van der Waals surface area contributed by atoms with E-state index in [0.717, 1.165) is 18.7 Å². The van der Waals surface area contributed by atoms with Crippen molar-refractivity contribution in [2.45, 2.75) is 18.9 Å². The molecule has 1 aromatic rings. The normalized spacial score (nSPS) is 24.2. The van der Waals surface area contributed by atoms with Crippen LogP contribution in [0.1, 0.15) is 12.0 Å². The maximum absolute atomic E-state index is 12.4. The molecule has 3 rings (SSSR count). The molecule has 0 spiro atoms. The van der Waals surface area contributed by atoms with Crippen LogP contribution in [0.25, 0.3) is 0 Å². The molecule has 24 heavy (non-hydrogen) atoms. The summed E-state index contributed by atoms with van der Waals surface area (Å²) in [5, 5.41) is 0.933. The van der Waals surface area contributed by atoms with Crippen molar-refractivity contribution in [3.05, 3.63) is 33.8 Å². The molecule has 132 valence electrons. The van der Waals surface area contributed by atoms with E-state index in [1.165, 1.54) is 0 Å². The number of rotatable bonds is 3. The zero-order valence-corrected chi connectivity index (χ0v) is 15.6. The van der Waals surface area contributed by atoms with Gasteiger partial charge in [-0.2, -0.15) is 0 Å². The van der Waals surface area contributed by atoms with Crippen LogP contribution in [0.15, 0.2) is 18.2 Å². The lowest BCUT2D eigenvalue weighted by molar-refractivity contribution is -0.132. The third-order valence-corrected chi connectivity index (χ3v) is 7.22. The van der Waals surface area contributed by atoms with Crippen molar-refractivity contribution in [2.75, 3.05) is 37.7 Å². The molecule has 1 unspecified atom stereocenters. The molecule has 0 N–H and O–H groups in total. The molecule has 2 aliphatic heterocycles. The van der Waals surface area contributed by atoms with Crippen LogP contribution in [0.2, 0.25) is 10.0 Å². The Labute approximate surface area is 152 Å². The Morgan fingerprint density at radius 2 is 1.83 bits per heavy atom. The van der Waals surface area contributed by atoms with Gasteiger partial charge in [0, 0.05) is 32.2 Å². The van der Waals surface area contributed by atoms with Gasteiger partial charge in [0.05, 0.1) is 28.0 Å². The first-order chi connectivity index (χ1) is 11.3. The lowest BCUT2D eigenvalue weighted by Gasteiger charge is -2.37. The Hall–Kier alpha value is -0.820. The molecule has 5 nitrogen and oxygen atoms in total. The minimum atomic E-state index is -2.87. The fourth-order valence-corrected chi connectivity index (χ4v) is 5.42. The predicted molar refractivity (Wildman–Crippen MR) is 95.4 cm³/mol. The quantitative estimate of drug-likeness (QED) is 0.790. The van der Waals surface area contributed by atoms with Crippen molar-refractivity contribution in [1.29, 1.82) is 0 Å². The summed E-state index contributed by atoms with van der Waals surface area (Å²) >= 11 is 11.9. The number of halogens is 2. The molecule has 8 heteroatoms. The first-order valence-electron chi connectivity index (χ1n) is 8.00. The summed E-state index contributed by atoms with van der Waals surface area (Å²) in [6.45, 7) is 2.73. The van der Waals surface area contributed by atoms with E-state index >= 15 is 0 Å². The molecular formula is C16H20Cl2N2O3S. The molecule has 0 radical (unpaired) electrons. The number of carbonyl (C=O) groups is 1. The van der Waals surface area contributed by atoms with E-state index in [0.29, 0.717) is 36.0 Å². The number of sulfone groups is 1. The second-order valence-corrected chi connectivity index (χ2v) is 9.44. The minimum Gasteiger partial charge on any atom is -0.340 e. The lowest BCUT2D eigenvalue weighted by atomic mass is 10.1. The van der Waals surface area contributed by atoms with Gasteiger partial charge in [-0.25, -0.2) is 8.42 Å². The number of nitrogens with zero attached hydrogens (tertiary/aromatic N) is 2. The van der Waals surface area contributed by atoms with E-state index in [1.807, 2.05) is 11.0 Å². The van der Waals surface area contributed by atoms with E-state index in [9.17, 15) is 13.2 Å². The van der Waals surface area contributed by atoms with Crippen molar-refractivity contribution in [1.82, 2.24) is 9.80 Å². The van der Waals surface area contributed by atoms with Crippen LogP contribution < -0.4 is 0 Å². The van der Waals surface area contributed by atoms with Gasteiger partial charge in [0.2, 0.25) is 5.91 Å². The summed E-state index contributed by atoms with van der Waals surface area (Å²) in [5.41, 5.74) is 0.846. The van der Waals surface area contributed by atoms with Crippen molar-refractivity contribution in [2.24, 2.45) is 0 Å². The van der Waals surface area contributed by atoms with Crippen LogP contribution in [-0.2, 0) is 21.1 Å². The van der Waals surface area contributed by atoms with Gasteiger partial charge >= 0.3 is 0 Å². The molecule has 0 bridgehead atoms. The second-order valence-electron chi connectivity index (χ2n) is 6.40. The van der Waals surface area contributed by atoms with Gasteiger partial charge in [0.25, 0.3) is 0 Å². The number of hydrogen-bond donors (Lipinski definition) is 0. The molecule has 2 fully saturated rings. The number of hydrogen-bond acceptors (Lipinski definition) is 4. The largest absolute Gasteiger partial charge is 0.340 e. The lowest BCUT2D eigenvalue weighted by Crippen LogP contribution is -2.52. The maximum Gasteiger partial charge on any atom is 0.227 e. The fraction of sp³-hybridized carbons (Fsp3) is 0.562. The van der Waals surface area contributed by atoms with Crippen LogP contribution >= 0.6 is 23.2 Å². The average molecular weight is 391 g/mol. The van der Waals surface area contributed by atoms with E-state index in [2.05, 4.69) is 4.90 Å². The van der Waals surface area contributed by atoms with Crippen molar-refractivity contribution < 1.29 is 13.2 Å². The third kappa shape index (κ3) is 4.23. The molecule has 2 heterocycles. The highest BCUT2D eigenvalue weighted by atomic mass is 35.5. The van der Waals surface area contributed by atoms with Gasteiger partial charge in [-0.05, 0) is 24.1 Å². The average Bonchev–Trinajstić information content (AvgIpc) is 2.91. The van der Waals surface area contributed by atoms with Crippen LogP contribution in [-0.4, -0.2) is 67.9 Å². The van der Waals surface area contributed by atoms with Gasteiger partial charge < -0.3 is 4.90 Å². The fourth-order valence-electron chi connectivity index (χ4n) is 3.34. The zero-order chi connectivity index (χ0) is 17.3. The molecule has 0 aromatic heterocycles. The van der Waals surface area contributed by atoms with E-state index in [1.54, 1.807) is 12.1 Å². The first kappa shape index (κ1) is 18.0. The third-order valence-electron chi connectivity index (χ3n) is 4.73.